The minimum Gasteiger partial charge on any atom is -0.497 e. The molecule has 0 saturated heterocycles. The van der Waals surface area contributed by atoms with Crippen molar-refractivity contribution in [3.63, 3.8) is 0 Å². The van der Waals surface area contributed by atoms with Gasteiger partial charge in [0.05, 0.1) is 26.2 Å². The van der Waals surface area contributed by atoms with Crippen molar-refractivity contribution in [2.45, 2.75) is 24.8 Å². The Bertz CT molecular complexity index is 1050. The van der Waals surface area contributed by atoms with Gasteiger partial charge in [0.25, 0.3) is 5.91 Å². The molecule has 1 atom stereocenters. The minimum absolute atomic E-state index is 0.0357. The third-order valence-corrected chi connectivity index (χ3v) is 6.01. The van der Waals surface area contributed by atoms with Crippen molar-refractivity contribution >= 4 is 27.6 Å². The van der Waals surface area contributed by atoms with Crippen molar-refractivity contribution < 1.29 is 37.0 Å². The molecular formula is C22H28N2O8S. The number of carbonyl (C=O) groups excluding carboxylic acids is 2. The van der Waals surface area contributed by atoms with Crippen molar-refractivity contribution in [2.75, 3.05) is 33.3 Å². The molecule has 0 aromatic heterocycles. The van der Waals surface area contributed by atoms with E-state index in [1.54, 1.807) is 32.0 Å². The molecule has 2 aromatic rings. The number of methoxy groups -OCH3 is 3. The molecule has 2 aromatic carbocycles. The Morgan fingerprint density at radius 2 is 1.42 bits per heavy atom. The highest BCUT2D eigenvalue weighted by Crippen LogP contribution is 2.25. The molecule has 10 nitrogen and oxygen atoms in total. The average Bonchev–Trinajstić information content (AvgIpc) is 2.80. The molecule has 0 saturated carbocycles. The number of benzene rings is 2. The summed E-state index contributed by atoms with van der Waals surface area (Å²) in [5.74, 6) is -0.492. The Balaban J connectivity index is 2.03. The van der Waals surface area contributed by atoms with Crippen LogP contribution in [0.1, 0.15) is 13.8 Å². The standard InChI is InChI=1S/C22H28N2O8S/c1-14(2)21(24-33(27,28)19-8-6-16(29-3)7-9-19)22(26)32-13-20(25)23-15-10-17(30-4)12-18(11-15)31-5/h6-12,14,21,24H,13H2,1-5H3,(H,23,25)/t21-/m0/s1. The van der Waals surface area contributed by atoms with Gasteiger partial charge in [0.1, 0.15) is 23.3 Å². The number of esters is 1. The summed E-state index contributed by atoms with van der Waals surface area (Å²) in [6.07, 6.45) is 0. The topological polar surface area (TPSA) is 129 Å². The lowest BCUT2D eigenvalue weighted by atomic mass is 10.1. The first-order chi connectivity index (χ1) is 15.6. The fourth-order valence-corrected chi connectivity index (χ4v) is 4.08. The first kappa shape index (κ1) is 25.9. The Kier molecular flexibility index (Phi) is 9.06. The molecule has 0 fully saturated rings. The summed E-state index contributed by atoms with van der Waals surface area (Å²) in [4.78, 5) is 24.8. The molecule has 1 amide bonds. The molecule has 180 valence electrons. The minimum atomic E-state index is -4.01. The van der Waals surface area contributed by atoms with Crippen molar-refractivity contribution in [1.82, 2.24) is 4.72 Å². The Labute approximate surface area is 193 Å². The molecule has 0 aliphatic heterocycles. The molecule has 0 spiro atoms. The highest BCUT2D eigenvalue weighted by molar-refractivity contribution is 7.89. The second kappa shape index (κ2) is 11.5. The van der Waals surface area contributed by atoms with Gasteiger partial charge in [-0.05, 0) is 30.2 Å². The normalized spacial score (nSPS) is 12.1. The van der Waals surface area contributed by atoms with Crippen molar-refractivity contribution in [3.05, 3.63) is 42.5 Å². The van der Waals surface area contributed by atoms with E-state index in [1.807, 2.05) is 0 Å². The van der Waals surface area contributed by atoms with Gasteiger partial charge >= 0.3 is 5.97 Å². The van der Waals surface area contributed by atoms with Crippen molar-refractivity contribution in [1.29, 1.82) is 0 Å². The molecule has 0 aliphatic carbocycles. The number of hydrogen-bond acceptors (Lipinski definition) is 8. The van der Waals surface area contributed by atoms with E-state index in [4.69, 9.17) is 18.9 Å². The molecule has 0 heterocycles. The van der Waals surface area contributed by atoms with Crippen LogP contribution in [-0.4, -0.2) is 54.3 Å². The maximum atomic E-state index is 12.7. The summed E-state index contributed by atoms with van der Waals surface area (Å²) in [5, 5.41) is 2.57. The van der Waals surface area contributed by atoms with Crippen molar-refractivity contribution in [3.8, 4) is 17.2 Å². The molecule has 0 radical (unpaired) electrons. The van der Waals surface area contributed by atoms with E-state index in [0.717, 1.165) is 0 Å². The number of ether oxygens (including phenoxy) is 4. The first-order valence-electron chi connectivity index (χ1n) is 9.95. The maximum absolute atomic E-state index is 12.7. The fourth-order valence-electron chi connectivity index (χ4n) is 2.75. The summed E-state index contributed by atoms with van der Waals surface area (Å²) in [6, 6.07) is 9.30. The van der Waals surface area contributed by atoms with Gasteiger partial charge in [-0.15, -0.1) is 0 Å². The van der Waals surface area contributed by atoms with Crippen LogP contribution in [0.5, 0.6) is 17.2 Å². The summed E-state index contributed by atoms with van der Waals surface area (Å²) < 4.78 is 48.1. The maximum Gasteiger partial charge on any atom is 0.324 e. The van der Waals surface area contributed by atoms with E-state index in [1.165, 1.54) is 45.6 Å². The van der Waals surface area contributed by atoms with Gasteiger partial charge in [0, 0.05) is 23.9 Å². The van der Waals surface area contributed by atoms with E-state index < -0.39 is 40.5 Å². The molecule has 0 aliphatic rings. The van der Waals surface area contributed by atoms with E-state index in [9.17, 15) is 18.0 Å². The summed E-state index contributed by atoms with van der Waals surface area (Å²) >= 11 is 0. The zero-order chi connectivity index (χ0) is 24.6. The molecule has 2 rings (SSSR count). The first-order valence-corrected chi connectivity index (χ1v) is 11.4. The third kappa shape index (κ3) is 7.36. The smallest absolute Gasteiger partial charge is 0.324 e. The number of rotatable bonds is 11. The fraction of sp³-hybridized carbons (Fsp3) is 0.364. The quantitative estimate of drug-likeness (QED) is 0.468. The van der Waals surface area contributed by atoms with Gasteiger partial charge < -0.3 is 24.3 Å². The van der Waals surface area contributed by atoms with E-state index in [0.29, 0.717) is 22.9 Å². The summed E-state index contributed by atoms with van der Waals surface area (Å²) in [6.45, 7) is 2.71. The lowest BCUT2D eigenvalue weighted by Gasteiger charge is -2.21. The van der Waals surface area contributed by atoms with Gasteiger partial charge in [-0.1, -0.05) is 13.8 Å². The largest absolute Gasteiger partial charge is 0.497 e. The zero-order valence-corrected chi connectivity index (χ0v) is 19.9. The van der Waals surface area contributed by atoms with Crippen LogP contribution in [0, 0.1) is 5.92 Å². The average molecular weight is 481 g/mol. The van der Waals surface area contributed by atoms with Crippen LogP contribution >= 0.6 is 0 Å². The van der Waals surface area contributed by atoms with Crippen LogP contribution in [0.3, 0.4) is 0 Å². The van der Waals surface area contributed by atoms with E-state index >= 15 is 0 Å². The van der Waals surface area contributed by atoms with Gasteiger partial charge in [-0.2, -0.15) is 4.72 Å². The Morgan fingerprint density at radius 1 is 0.879 bits per heavy atom. The lowest BCUT2D eigenvalue weighted by molar-refractivity contribution is -0.150. The van der Waals surface area contributed by atoms with Gasteiger partial charge in [0.15, 0.2) is 6.61 Å². The summed E-state index contributed by atoms with van der Waals surface area (Å²) in [5.41, 5.74) is 0.382. The van der Waals surface area contributed by atoms with Gasteiger partial charge in [-0.25, -0.2) is 8.42 Å². The third-order valence-electron chi connectivity index (χ3n) is 4.55. The molecule has 33 heavy (non-hydrogen) atoms. The number of amides is 1. The highest BCUT2D eigenvalue weighted by atomic mass is 32.2. The van der Waals surface area contributed by atoms with Crippen LogP contribution in [0.25, 0.3) is 0 Å². The molecule has 0 unspecified atom stereocenters. The second-order valence-electron chi connectivity index (χ2n) is 7.28. The molecule has 2 N–H and O–H groups in total. The van der Waals surface area contributed by atoms with Crippen molar-refractivity contribution in [2.24, 2.45) is 5.92 Å². The van der Waals surface area contributed by atoms with Crippen LogP contribution in [0.2, 0.25) is 0 Å². The Morgan fingerprint density at radius 3 is 1.91 bits per heavy atom. The summed E-state index contributed by atoms with van der Waals surface area (Å²) in [7, 11) is 0.401. The number of hydrogen-bond donors (Lipinski definition) is 2. The van der Waals surface area contributed by atoms with Gasteiger partial charge in [-0.3, -0.25) is 9.59 Å². The lowest BCUT2D eigenvalue weighted by Crippen LogP contribution is -2.45. The number of sulfonamides is 1. The number of carbonyl (C=O) groups is 2. The second-order valence-corrected chi connectivity index (χ2v) is 8.99. The zero-order valence-electron chi connectivity index (χ0n) is 19.1. The predicted octanol–water partition coefficient (Wildman–Crippen LogP) is 2.20. The van der Waals surface area contributed by atoms with Crippen LogP contribution in [0.4, 0.5) is 5.69 Å². The van der Waals surface area contributed by atoms with Crippen LogP contribution < -0.4 is 24.2 Å². The number of anilines is 1. The van der Waals surface area contributed by atoms with E-state index in [-0.39, 0.29) is 4.90 Å². The number of nitrogens with one attached hydrogen (secondary N) is 2. The predicted molar refractivity (Wildman–Crippen MR) is 121 cm³/mol. The molecule has 0 bridgehead atoms. The molecule has 11 heteroatoms. The SMILES string of the molecule is COc1ccc(S(=O)(=O)N[C@H](C(=O)OCC(=O)Nc2cc(OC)cc(OC)c2)C(C)C)cc1. The van der Waals surface area contributed by atoms with Gasteiger partial charge in [0.2, 0.25) is 10.0 Å². The monoisotopic (exact) mass is 480 g/mol. The van der Waals surface area contributed by atoms with Crippen LogP contribution in [-0.2, 0) is 24.3 Å². The highest BCUT2D eigenvalue weighted by Gasteiger charge is 2.30. The Hall–Kier alpha value is -3.31. The van der Waals surface area contributed by atoms with E-state index in [2.05, 4.69) is 10.0 Å². The molecular weight excluding hydrogens is 452 g/mol. The van der Waals surface area contributed by atoms with Crippen LogP contribution in [0.15, 0.2) is 47.4 Å².